The molecule has 1 atom stereocenters. The van der Waals surface area contributed by atoms with Gasteiger partial charge in [0.15, 0.2) is 0 Å². The molecule has 2 aromatic heterocycles. The van der Waals surface area contributed by atoms with Crippen LogP contribution in [0.1, 0.15) is 23.3 Å². The SMILES string of the molecule is COC(=O)C1=C(C)Nc2nc(=O)[nH]c(N)c2C1c1cccs1. The second-order valence-corrected chi connectivity index (χ2v) is 5.80. The van der Waals surface area contributed by atoms with E-state index in [-0.39, 0.29) is 5.82 Å². The number of nitrogens with one attached hydrogen (secondary N) is 2. The van der Waals surface area contributed by atoms with Gasteiger partial charge in [0.25, 0.3) is 0 Å². The fourth-order valence-corrected chi connectivity index (χ4v) is 3.46. The molecule has 0 bridgehead atoms. The maximum Gasteiger partial charge on any atom is 0.348 e. The summed E-state index contributed by atoms with van der Waals surface area (Å²) in [4.78, 5) is 31.1. The fourth-order valence-electron chi connectivity index (χ4n) is 2.61. The number of aromatic amines is 1. The van der Waals surface area contributed by atoms with Gasteiger partial charge in [-0.15, -0.1) is 11.3 Å². The summed E-state index contributed by atoms with van der Waals surface area (Å²) in [5, 5.41) is 4.88. The van der Waals surface area contributed by atoms with Crippen LogP contribution >= 0.6 is 11.3 Å². The Morgan fingerprint density at radius 3 is 2.91 bits per heavy atom. The van der Waals surface area contributed by atoms with Crippen molar-refractivity contribution in [1.82, 2.24) is 9.97 Å². The molecule has 4 N–H and O–H groups in total. The van der Waals surface area contributed by atoms with Gasteiger partial charge in [-0.2, -0.15) is 4.98 Å². The fraction of sp³-hybridized carbons (Fsp3) is 0.214. The number of methoxy groups -OCH3 is 1. The zero-order valence-electron chi connectivity index (χ0n) is 12.0. The molecule has 1 unspecified atom stereocenters. The van der Waals surface area contributed by atoms with Gasteiger partial charge in [-0.1, -0.05) is 6.07 Å². The lowest BCUT2D eigenvalue weighted by Gasteiger charge is -2.28. The monoisotopic (exact) mass is 318 g/mol. The van der Waals surface area contributed by atoms with E-state index in [1.54, 1.807) is 6.92 Å². The van der Waals surface area contributed by atoms with Crippen LogP contribution in [0.2, 0.25) is 0 Å². The standard InChI is InChI=1S/C14H14N4O3S/c1-6-8(13(19)21-2)9(7-4-3-5-22-7)10-11(15)17-14(20)18-12(10)16-6/h3-5,9H,1-2H3,(H4,15,16,17,18,20). The van der Waals surface area contributed by atoms with Crippen LogP contribution in [0.5, 0.6) is 0 Å². The van der Waals surface area contributed by atoms with Crippen molar-refractivity contribution in [3.05, 3.63) is 49.7 Å². The molecule has 0 aliphatic carbocycles. The molecule has 0 saturated carbocycles. The Hall–Kier alpha value is -2.61. The number of nitrogens with zero attached hydrogens (tertiary/aromatic N) is 1. The van der Waals surface area contributed by atoms with Crippen molar-refractivity contribution >= 4 is 28.9 Å². The topological polar surface area (TPSA) is 110 Å². The van der Waals surface area contributed by atoms with Gasteiger partial charge in [0, 0.05) is 16.1 Å². The third kappa shape index (κ3) is 2.17. The summed E-state index contributed by atoms with van der Waals surface area (Å²) in [7, 11) is 1.33. The molecule has 22 heavy (non-hydrogen) atoms. The Balaban J connectivity index is 2.29. The van der Waals surface area contributed by atoms with Gasteiger partial charge in [-0.25, -0.2) is 9.59 Å². The summed E-state index contributed by atoms with van der Waals surface area (Å²) >= 11 is 1.49. The second-order valence-electron chi connectivity index (χ2n) is 4.82. The second kappa shape index (κ2) is 5.30. The van der Waals surface area contributed by atoms with Gasteiger partial charge < -0.3 is 15.8 Å². The molecular weight excluding hydrogens is 304 g/mol. The molecule has 3 rings (SSSR count). The predicted molar refractivity (Wildman–Crippen MR) is 83.8 cm³/mol. The molecule has 0 amide bonds. The highest BCUT2D eigenvalue weighted by Gasteiger charge is 2.36. The molecule has 0 saturated heterocycles. The van der Waals surface area contributed by atoms with Crippen LogP contribution in [0.25, 0.3) is 0 Å². The number of allylic oxidation sites excluding steroid dienone is 1. The average molecular weight is 318 g/mol. The molecule has 0 radical (unpaired) electrons. The van der Waals surface area contributed by atoms with Crippen molar-refractivity contribution in [2.45, 2.75) is 12.8 Å². The van der Waals surface area contributed by atoms with E-state index in [1.807, 2.05) is 17.5 Å². The van der Waals surface area contributed by atoms with E-state index < -0.39 is 17.6 Å². The number of esters is 1. The molecule has 2 aromatic rings. The molecule has 1 aliphatic rings. The minimum atomic E-state index is -0.539. The lowest BCUT2D eigenvalue weighted by molar-refractivity contribution is -0.136. The number of thiophene rings is 1. The average Bonchev–Trinajstić information content (AvgIpc) is 2.98. The number of hydrogen-bond acceptors (Lipinski definition) is 7. The molecule has 0 fully saturated rings. The lowest BCUT2D eigenvalue weighted by Crippen LogP contribution is -2.28. The molecule has 0 aromatic carbocycles. The Morgan fingerprint density at radius 1 is 1.50 bits per heavy atom. The van der Waals surface area contributed by atoms with E-state index in [0.717, 1.165) is 4.88 Å². The largest absolute Gasteiger partial charge is 0.466 e. The molecular formula is C14H14N4O3S. The molecule has 114 valence electrons. The molecule has 8 heteroatoms. The van der Waals surface area contributed by atoms with Gasteiger partial charge in [-0.05, 0) is 18.4 Å². The van der Waals surface area contributed by atoms with Crippen molar-refractivity contribution in [3.8, 4) is 0 Å². The normalized spacial score (nSPS) is 16.9. The number of H-pyrrole nitrogens is 1. The number of rotatable bonds is 2. The number of aromatic nitrogens is 2. The lowest BCUT2D eigenvalue weighted by atomic mass is 9.86. The van der Waals surface area contributed by atoms with Crippen LogP contribution in [0.3, 0.4) is 0 Å². The predicted octanol–water partition coefficient (Wildman–Crippen LogP) is 1.42. The first kappa shape index (κ1) is 14.3. The first-order chi connectivity index (χ1) is 10.5. The number of anilines is 2. The Morgan fingerprint density at radius 2 is 2.27 bits per heavy atom. The highest BCUT2D eigenvalue weighted by Crippen LogP contribution is 2.44. The Kier molecular flexibility index (Phi) is 3.45. The maximum absolute atomic E-state index is 12.2. The summed E-state index contributed by atoms with van der Waals surface area (Å²) in [5.41, 5.74) is 7.07. The van der Waals surface area contributed by atoms with Crippen molar-refractivity contribution in [3.63, 3.8) is 0 Å². The Bertz CT molecular complexity index is 823. The smallest absolute Gasteiger partial charge is 0.348 e. The van der Waals surface area contributed by atoms with Gasteiger partial charge in [0.2, 0.25) is 0 Å². The van der Waals surface area contributed by atoms with Crippen LogP contribution in [0, 0.1) is 0 Å². The maximum atomic E-state index is 12.2. The number of nitrogen functional groups attached to an aromatic ring is 1. The van der Waals surface area contributed by atoms with Crippen LogP contribution in [-0.4, -0.2) is 23.0 Å². The zero-order chi connectivity index (χ0) is 15.9. The third-order valence-electron chi connectivity index (χ3n) is 3.52. The van der Waals surface area contributed by atoms with E-state index in [2.05, 4.69) is 15.3 Å². The number of hydrogen-bond donors (Lipinski definition) is 3. The Labute approximate surface area is 129 Å². The molecule has 7 nitrogen and oxygen atoms in total. The van der Waals surface area contributed by atoms with Gasteiger partial charge in [0.1, 0.15) is 11.6 Å². The van der Waals surface area contributed by atoms with E-state index in [4.69, 9.17) is 10.5 Å². The van der Waals surface area contributed by atoms with Crippen LogP contribution in [0.4, 0.5) is 11.6 Å². The van der Waals surface area contributed by atoms with Crippen LogP contribution < -0.4 is 16.7 Å². The summed E-state index contributed by atoms with van der Waals surface area (Å²) in [6.45, 7) is 1.74. The molecule has 0 spiro atoms. The number of carbonyl (C=O) groups is 1. The van der Waals surface area contributed by atoms with E-state index in [0.29, 0.717) is 22.7 Å². The number of fused-ring (bicyclic) bond motifs is 1. The number of nitrogens with two attached hydrogens (primary N) is 1. The highest BCUT2D eigenvalue weighted by molar-refractivity contribution is 7.10. The summed E-state index contributed by atoms with van der Waals surface area (Å²) in [5.74, 6) is -0.313. The summed E-state index contributed by atoms with van der Waals surface area (Å²) < 4.78 is 4.90. The van der Waals surface area contributed by atoms with Crippen molar-refractivity contribution < 1.29 is 9.53 Å². The van der Waals surface area contributed by atoms with E-state index in [9.17, 15) is 9.59 Å². The van der Waals surface area contributed by atoms with Crippen molar-refractivity contribution in [1.29, 1.82) is 0 Å². The van der Waals surface area contributed by atoms with Crippen molar-refractivity contribution in [2.75, 3.05) is 18.2 Å². The zero-order valence-corrected chi connectivity index (χ0v) is 12.8. The van der Waals surface area contributed by atoms with E-state index in [1.165, 1.54) is 18.4 Å². The van der Waals surface area contributed by atoms with E-state index >= 15 is 0 Å². The van der Waals surface area contributed by atoms with Gasteiger partial charge in [0.05, 0.1) is 18.6 Å². The minimum absolute atomic E-state index is 0.190. The quantitative estimate of drug-likeness (QED) is 0.722. The summed E-state index contributed by atoms with van der Waals surface area (Å²) in [6, 6.07) is 3.80. The molecule has 3 heterocycles. The number of carbonyl (C=O) groups excluding carboxylic acids is 1. The third-order valence-corrected chi connectivity index (χ3v) is 4.46. The van der Waals surface area contributed by atoms with Gasteiger partial charge in [-0.3, -0.25) is 4.98 Å². The van der Waals surface area contributed by atoms with Crippen LogP contribution in [0.15, 0.2) is 33.6 Å². The van der Waals surface area contributed by atoms with Crippen molar-refractivity contribution in [2.24, 2.45) is 0 Å². The van der Waals surface area contributed by atoms with Crippen LogP contribution in [-0.2, 0) is 9.53 Å². The first-order valence-corrected chi connectivity index (χ1v) is 7.40. The molecule has 1 aliphatic heterocycles. The first-order valence-electron chi connectivity index (χ1n) is 6.52. The highest BCUT2D eigenvalue weighted by atomic mass is 32.1. The van der Waals surface area contributed by atoms with Gasteiger partial charge >= 0.3 is 11.7 Å². The summed E-state index contributed by atoms with van der Waals surface area (Å²) in [6.07, 6.45) is 0. The minimum Gasteiger partial charge on any atom is -0.466 e. The number of ether oxygens (including phenoxy) is 1.